The second-order valence-corrected chi connectivity index (χ2v) is 8.56. The van der Waals surface area contributed by atoms with Crippen molar-refractivity contribution in [1.29, 1.82) is 0 Å². The standard InChI is InChI=1S/C23H24N6O4S/c1-4-23(16-10-6-5-7-11-16)20(31)29(21(32)24-23)27-18(30)14-34-22-26-25-19(28(22)2)15-9-8-12-17(13-15)33-3/h5-13H,4,14H2,1-3H3,(H,24,32)(H,27,30). The van der Waals surface area contributed by atoms with Crippen molar-refractivity contribution < 1.29 is 19.1 Å². The number of thioether (sulfide) groups is 1. The van der Waals surface area contributed by atoms with E-state index in [0.29, 0.717) is 28.7 Å². The van der Waals surface area contributed by atoms with E-state index in [0.717, 1.165) is 22.3 Å². The Morgan fingerprint density at radius 2 is 1.91 bits per heavy atom. The smallest absolute Gasteiger partial charge is 0.344 e. The molecule has 0 spiro atoms. The first kappa shape index (κ1) is 23.3. The number of hydrazine groups is 1. The van der Waals surface area contributed by atoms with Crippen molar-refractivity contribution in [2.75, 3.05) is 12.9 Å². The van der Waals surface area contributed by atoms with E-state index >= 15 is 0 Å². The lowest BCUT2D eigenvalue weighted by Gasteiger charge is -2.25. The summed E-state index contributed by atoms with van der Waals surface area (Å²) >= 11 is 1.14. The minimum absolute atomic E-state index is 0.0639. The molecular formula is C23H24N6O4S. The summed E-state index contributed by atoms with van der Waals surface area (Å²) in [6, 6.07) is 15.7. The van der Waals surface area contributed by atoms with Crippen molar-refractivity contribution in [2.24, 2.45) is 7.05 Å². The molecule has 2 aromatic carbocycles. The summed E-state index contributed by atoms with van der Waals surface area (Å²) in [5.74, 6) is 0.210. The number of hydrogen-bond acceptors (Lipinski definition) is 7. The lowest BCUT2D eigenvalue weighted by Crippen LogP contribution is -2.49. The predicted octanol–water partition coefficient (Wildman–Crippen LogP) is 2.47. The maximum atomic E-state index is 13.1. The maximum absolute atomic E-state index is 13.1. The fourth-order valence-electron chi connectivity index (χ4n) is 3.78. The molecule has 1 aliphatic rings. The van der Waals surface area contributed by atoms with Gasteiger partial charge in [0, 0.05) is 12.6 Å². The number of methoxy groups -OCH3 is 1. The van der Waals surface area contributed by atoms with Crippen LogP contribution in [-0.4, -0.2) is 50.5 Å². The number of hydrogen-bond donors (Lipinski definition) is 2. The van der Waals surface area contributed by atoms with E-state index in [1.807, 2.05) is 30.3 Å². The van der Waals surface area contributed by atoms with E-state index in [9.17, 15) is 14.4 Å². The highest BCUT2D eigenvalue weighted by molar-refractivity contribution is 7.99. The Labute approximate surface area is 200 Å². The molecule has 0 aliphatic carbocycles. The second kappa shape index (κ2) is 9.56. The van der Waals surface area contributed by atoms with Crippen LogP contribution in [0.1, 0.15) is 18.9 Å². The minimum Gasteiger partial charge on any atom is -0.497 e. The average molecular weight is 481 g/mol. The Hall–Kier alpha value is -3.86. The van der Waals surface area contributed by atoms with Crippen LogP contribution in [0.15, 0.2) is 59.8 Å². The number of benzene rings is 2. The fourth-order valence-corrected chi connectivity index (χ4v) is 4.48. The summed E-state index contributed by atoms with van der Waals surface area (Å²) < 4.78 is 7.01. The summed E-state index contributed by atoms with van der Waals surface area (Å²) in [7, 11) is 3.38. The molecule has 0 saturated carbocycles. The van der Waals surface area contributed by atoms with E-state index in [2.05, 4.69) is 20.9 Å². The van der Waals surface area contributed by atoms with Gasteiger partial charge in [-0.2, -0.15) is 5.01 Å². The summed E-state index contributed by atoms with van der Waals surface area (Å²) in [5, 5.41) is 12.3. The molecule has 4 amide bonds. The topological polar surface area (TPSA) is 118 Å². The Balaban J connectivity index is 1.42. The molecule has 176 valence electrons. The number of imide groups is 1. The van der Waals surface area contributed by atoms with Crippen molar-refractivity contribution >= 4 is 29.6 Å². The molecule has 1 aliphatic heterocycles. The number of carbonyl (C=O) groups excluding carboxylic acids is 3. The van der Waals surface area contributed by atoms with E-state index < -0.39 is 23.4 Å². The Morgan fingerprint density at radius 1 is 1.15 bits per heavy atom. The summed E-state index contributed by atoms with van der Waals surface area (Å²) in [4.78, 5) is 38.3. The molecular weight excluding hydrogens is 456 g/mol. The van der Waals surface area contributed by atoms with Gasteiger partial charge in [-0.05, 0) is 24.1 Å². The zero-order valence-corrected chi connectivity index (χ0v) is 19.8. The van der Waals surface area contributed by atoms with Crippen LogP contribution in [-0.2, 0) is 22.2 Å². The molecule has 0 radical (unpaired) electrons. The van der Waals surface area contributed by atoms with Crippen molar-refractivity contribution in [3.05, 3.63) is 60.2 Å². The van der Waals surface area contributed by atoms with Crippen LogP contribution >= 0.6 is 11.8 Å². The van der Waals surface area contributed by atoms with Gasteiger partial charge in [0.05, 0.1) is 12.9 Å². The van der Waals surface area contributed by atoms with Gasteiger partial charge in [0.25, 0.3) is 5.91 Å². The molecule has 11 heteroatoms. The number of carbonyl (C=O) groups is 3. The third kappa shape index (κ3) is 4.21. The first-order valence-corrected chi connectivity index (χ1v) is 11.6. The van der Waals surface area contributed by atoms with Crippen molar-refractivity contribution in [2.45, 2.75) is 24.0 Å². The zero-order valence-electron chi connectivity index (χ0n) is 18.9. The van der Waals surface area contributed by atoms with E-state index in [1.54, 1.807) is 49.9 Å². The molecule has 4 rings (SSSR count). The molecule has 3 aromatic rings. The molecule has 10 nitrogen and oxygen atoms in total. The molecule has 1 unspecified atom stereocenters. The van der Waals surface area contributed by atoms with E-state index in [1.165, 1.54) is 0 Å². The number of nitrogens with one attached hydrogen (secondary N) is 2. The number of aromatic nitrogens is 3. The van der Waals surface area contributed by atoms with Gasteiger partial charge in [0.15, 0.2) is 11.0 Å². The lowest BCUT2D eigenvalue weighted by molar-refractivity contribution is -0.138. The lowest BCUT2D eigenvalue weighted by atomic mass is 9.87. The fraction of sp³-hybridized carbons (Fsp3) is 0.261. The molecule has 2 N–H and O–H groups in total. The number of ether oxygens (including phenoxy) is 1. The normalized spacial score (nSPS) is 17.6. The summed E-state index contributed by atoms with van der Waals surface area (Å²) in [6.07, 6.45) is 0.342. The van der Waals surface area contributed by atoms with Crippen LogP contribution in [0.25, 0.3) is 11.4 Å². The number of rotatable bonds is 8. The molecule has 34 heavy (non-hydrogen) atoms. The van der Waals surface area contributed by atoms with Gasteiger partial charge in [-0.25, -0.2) is 4.79 Å². The zero-order chi connectivity index (χ0) is 24.3. The minimum atomic E-state index is -1.21. The predicted molar refractivity (Wildman–Crippen MR) is 126 cm³/mol. The molecule has 1 aromatic heterocycles. The molecule has 2 heterocycles. The van der Waals surface area contributed by atoms with E-state index in [-0.39, 0.29) is 5.75 Å². The van der Waals surface area contributed by atoms with Gasteiger partial charge < -0.3 is 14.6 Å². The third-order valence-electron chi connectivity index (χ3n) is 5.62. The van der Waals surface area contributed by atoms with Crippen LogP contribution in [0.2, 0.25) is 0 Å². The van der Waals surface area contributed by atoms with Gasteiger partial charge in [-0.1, -0.05) is 61.2 Å². The third-order valence-corrected chi connectivity index (χ3v) is 6.64. The quantitative estimate of drug-likeness (QED) is 0.376. The number of urea groups is 1. The molecule has 0 bridgehead atoms. The van der Waals surface area contributed by atoms with Crippen LogP contribution in [0, 0.1) is 0 Å². The van der Waals surface area contributed by atoms with Crippen molar-refractivity contribution in [3.8, 4) is 17.1 Å². The average Bonchev–Trinajstić information content (AvgIpc) is 3.35. The highest BCUT2D eigenvalue weighted by Gasteiger charge is 2.52. The van der Waals surface area contributed by atoms with Gasteiger partial charge in [-0.3, -0.25) is 15.0 Å². The highest BCUT2D eigenvalue weighted by atomic mass is 32.2. The van der Waals surface area contributed by atoms with Gasteiger partial charge in [0.2, 0.25) is 5.91 Å². The van der Waals surface area contributed by atoms with E-state index in [4.69, 9.17) is 4.74 Å². The van der Waals surface area contributed by atoms with Crippen molar-refractivity contribution in [3.63, 3.8) is 0 Å². The summed E-state index contributed by atoms with van der Waals surface area (Å²) in [5.41, 5.74) is 2.68. The van der Waals surface area contributed by atoms with Gasteiger partial charge >= 0.3 is 6.03 Å². The highest BCUT2D eigenvalue weighted by Crippen LogP contribution is 2.31. The number of amides is 4. The Kier molecular flexibility index (Phi) is 6.55. The molecule has 1 atom stereocenters. The Morgan fingerprint density at radius 3 is 2.62 bits per heavy atom. The van der Waals surface area contributed by atoms with Crippen LogP contribution in [0.3, 0.4) is 0 Å². The van der Waals surface area contributed by atoms with Gasteiger partial charge in [-0.15, -0.1) is 10.2 Å². The van der Waals surface area contributed by atoms with Crippen LogP contribution in [0.4, 0.5) is 4.79 Å². The van der Waals surface area contributed by atoms with Crippen LogP contribution in [0.5, 0.6) is 5.75 Å². The summed E-state index contributed by atoms with van der Waals surface area (Å²) in [6.45, 7) is 1.81. The first-order chi connectivity index (χ1) is 16.4. The first-order valence-electron chi connectivity index (χ1n) is 10.6. The monoisotopic (exact) mass is 480 g/mol. The molecule has 1 saturated heterocycles. The van der Waals surface area contributed by atoms with Crippen LogP contribution < -0.4 is 15.5 Å². The SMILES string of the molecule is CCC1(c2ccccc2)NC(=O)N(NC(=O)CSc2nnc(-c3cccc(OC)c3)n2C)C1=O. The van der Waals surface area contributed by atoms with Gasteiger partial charge in [0.1, 0.15) is 11.3 Å². The largest absolute Gasteiger partial charge is 0.497 e. The Bertz CT molecular complexity index is 1230. The van der Waals surface area contributed by atoms with Crippen molar-refractivity contribution in [1.82, 2.24) is 30.5 Å². The maximum Gasteiger partial charge on any atom is 0.344 e. The molecule has 1 fully saturated rings. The number of nitrogens with zero attached hydrogens (tertiary/aromatic N) is 4. The second-order valence-electron chi connectivity index (χ2n) is 7.62.